The number of carbonyl (C=O) groups is 1. The molecule has 9 heteroatoms. The Morgan fingerprint density at radius 3 is 2.68 bits per heavy atom. The van der Waals surface area contributed by atoms with Gasteiger partial charge >= 0.3 is 6.18 Å². The molecular weight excluding hydrogens is 409 g/mol. The summed E-state index contributed by atoms with van der Waals surface area (Å²) in [6.07, 6.45) is -0.648. The highest BCUT2D eigenvalue weighted by atomic mass is 19.4. The second-order valence-electron chi connectivity index (χ2n) is 7.66. The average molecular weight is 430 g/mol. The quantitative estimate of drug-likeness (QED) is 0.692. The molecule has 0 unspecified atom stereocenters. The molecule has 0 aliphatic carbocycles. The second-order valence-corrected chi connectivity index (χ2v) is 7.66. The number of hydrogen-bond donors (Lipinski definition) is 1. The first-order valence-electron chi connectivity index (χ1n) is 9.91. The zero-order chi connectivity index (χ0) is 22.2. The Labute approximate surface area is 176 Å². The summed E-state index contributed by atoms with van der Waals surface area (Å²) in [4.78, 5) is 31.4. The zero-order valence-electron chi connectivity index (χ0n) is 16.8. The standard InChI is InChI=1S/C22H21F3N4O2/c1-28-13-17(20(30)16-6-2-3-7-18(16)28)21(31)27-15-5-4-10-29(12-15)19-9-8-14(11-26-19)22(23,24)25/h2-3,6-9,11,13,15H,4-5,10,12H2,1H3,(H,27,31)/t15-/m1/s1. The van der Waals surface area contributed by atoms with Gasteiger partial charge in [0.05, 0.1) is 11.1 Å². The number of halogens is 3. The summed E-state index contributed by atoms with van der Waals surface area (Å²) in [5.74, 6) is -0.0350. The number of nitrogens with one attached hydrogen (secondary N) is 1. The van der Waals surface area contributed by atoms with E-state index in [4.69, 9.17) is 0 Å². The van der Waals surface area contributed by atoms with Crippen LogP contribution >= 0.6 is 0 Å². The predicted molar refractivity (Wildman–Crippen MR) is 111 cm³/mol. The van der Waals surface area contributed by atoms with E-state index in [9.17, 15) is 22.8 Å². The molecule has 0 spiro atoms. The van der Waals surface area contributed by atoms with E-state index in [0.717, 1.165) is 24.2 Å². The van der Waals surface area contributed by atoms with Crippen LogP contribution < -0.4 is 15.6 Å². The van der Waals surface area contributed by atoms with Gasteiger partial charge in [-0.2, -0.15) is 13.2 Å². The molecule has 1 atom stereocenters. The third-order valence-electron chi connectivity index (χ3n) is 5.50. The molecule has 162 valence electrons. The number of carbonyl (C=O) groups excluding carboxylic acids is 1. The highest BCUT2D eigenvalue weighted by Crippen LogP contribution is 2.29. The summed E-state index contributed by atoms with van der Waals surface area (Å²) in [5, 5.41) is 3.37. The molecule has 1 amide bonds. The maximum Gasteiger partial charge on any atom is 0.417 e. The van der Waals surface area contributed by atoms with Crippen molar-refractivity contribution in [3.05, 3.63) is 70.1 Å². The van der Waals surface area contributed by atoms with Crippen molar-refractivity contribution >= 4 is 22.6 Å². The number of para-hydroxylation sites is 1. The van der Waals surface area contributed by atoms with E-state index in [1.54, 1.807) is 23.7 Å². The predicted octanol–water partition coefficient (Wildman–Crippen LogP) is 3.35. The SMILES string of the molecule is Cn1cc(C(=O)N[C@@H]2CCCN(c3ccc(C(F)(F)F)cn3)C2)c(=O)c2ccccc21. The number of anilines is 1. The Hall–Kier alpha value is -3.36. The van der Waals surface area contributed by atoms with Crippen molar-refractivity contribution in [2.24, 2.45) is 7.05 Å². The second kappa shape index (κ2) is 8.05. The molecule has 4 rings (SSSR count). The first-order chi connectivity index (χ1) is 14.7. The van der Waals surface area contributed by atoms with Gasteiger partial charge in [-0.05, 0) is 37.1 Å². The minimum Gasteiger partial charge on any atom is -0.355 e. The number of pyridine rings is 2. The molecule has 1 saturated heterocycles. The smallest absolute Gasteiger partial charge is 0.355 e. The lowest BCUT2D eigenvalue weighted by Gasteiger charge is -2.34. The summed E-state index contributed by atoms with van der Waals surface area (Å²) in [7, 11) is 1.77. The van der Waals surface area contributed by atoms with Crippen LogP contribution in [0, 0.1) is 0 Å². The van der Waals surface area contributed by atoms with Crippen LogP contribution in [-0.4, -0.2) is 34.6 Å². The summed E-state index contributed by atoms with van der Waals surface area (Å²) < 4.78 is 40.0. The van der Waals surface area contributed by atoms with E-state index in [2.05, 4.69) is 10.3 Å². The van der Waals surface area contributed by atoms with Crippen molar-refractivity contribution in [3.8, 4) is 0 Å². The molecule has 0 saturated carbocycles. The average Bonchev–Trinajstić information content (AvgIpc) is 2.76. The third-order valence-corrected chi connectivity index (χ3v) is 5.50. The Morgan fingerprint density at radius 1 is 1.19 bits per heavy atom. The van der Waals surface area contributed by atoms with E-state index in [0.29, 0.717) is 30.7 Å². The van der Waals surface area contributed by atoms with Crippen LogP contribution in [0.1, 0.15) is 28.8 Å². The Morgan fingerprint density at radius 2 is 1.97 bits per heavy atom. The van der Waals surface area contributed by atoms with E-state index < -0.39 is 17.6 Å². The van der Waals surface area contributed by atoms with Crippen molar-refractivity contribution in [2.75, 3.05) is 18.0 Å². The molecule has 0 bridgehead atoms. The molecule has 3 aromatic rings. The fourth-order valence-corrected chi connectivity index (χ4v) is 3.91. The molecule has 1 aliphatic heterocycles. The number of alkyl halides is 3. The highest BCUT2D eigenvalue weighted by molar-refractivity contribution is 5.97. The van der Waals surface area contributed by atoms with E-state index >= 15 is 0 Å². The molecule has 1 aromatic carbocycles. The zero-order valence-corrected chi connectivity index (χ0v) is 16.8. The lowest BCUT2D eigenvalue weighted by molar-refractivity contribution is -0.137. The van der Waals surface area contributed by atoms with E-state index in [1.807, 2.05) is 17.0 Å². The van der Waals surface area contributed by atoms with Gasteiger partial charge in [0.25, 0.3) is 5.91 Å². The number of hydrogen-bond acceptors (Lipinski definition) is 4. The lowest BCUT2D eigenvalue weighted by Crippen LogP contribution is -2.48. The van der Waals surface area contributed by atoms with Gasteiger partial charge in [-0.1, -0.05) is 12.1 Å². The van der Waals surface area contributed by atoms with Crippen molar-refractivity contribution in [1.82, 2.24) is 14.9 Å². The number of amides is 1. The Balaban J connectivity index is 1.50. The monoisotopic (exact) mass is 430 g/mol. The van der Waals surface area contributed by atoms with Crippen LogP contribution in [0.15, 0.2) is 53.6 Å². The number of fused-ring (bicyclic) bond motifs is 1. The van der Waals surface area contributed by atoms with Crippen LogP contribution in [0.3, 0.4) is 0 Å². The molecular formula is C22H21F3N4O2. The number of piperidine rings is 1. The van der Waals surface area contributed by atoms with Crippen LogP contribution in [0.4, 0.5) is 19.0 Å². The van der Waals surface area contributed by atoms with Crippen molar-refractivity contribution in [3.63, 3.8) is 0 Å². The maximum atomic E-state index is 12.8. The minimum absolute atomic E-state index is 0.0611. The molecule has 1 N–H and O–H groups in total. The van der Waals surface area contributed by atoms with Crippen LogP contribution in [0.25, 0.3) is 10.9 Å². The fourth-order valence-electron chi connectivity index (χ4n) is 3.91. The normalized spacial score (nSPS) is 17.0. The van der Waals surface area contributed by atoms with Gasteiger partial charge in [0.15, 0.2) is 0 Å². The summed E-state index contributed by atoms with van der Waals surface area (Å²) in [6.45, 7) is 1.03. The largest absolute Gasteiger partial charge is 0.417 e. The molecule has 0 radical (unpaired) electrons. The number of aromatic nitrogens is 2. The van der Waals surface area contributed by atoms with Crippen molar-refractivity contribution in [1.29, 1.82) is 0 Å². The van der Waals surface area contributed by atoms with Crippen LogP contribution in [0.5, 0.6) is 0 Å². The first-order valence-corrected chi connectivity index (χ1v) is 9.91. The lowest BCUT2D eigenvalue weighted by atomic mass is 10.0. The summed E-state index contributed by atoms with van der Waals surface area (Å²) >= 11 is 0. The molecule has 1 fully saturated rings. The molecule has 2 aromatic heterocycles. The Kier molecular flexibility index (Phi) is 5.43. The highest BCUT2D eigenvalue weighted by Gasteiger charge is 2.31. The summed E-state index contributed by atoms with van der Waals surface area (Å²) in [6, 6.07) is 9.17. The number of benzene rings is 1. The molecule has 6 nitrogen and oxygen atoms in total. The van der Waals surface area contributed by atoms with Gasteiger partial charge in [-0.3, -0.25) is 9.59 Å². The van der Waals surface area contributed by atoms with Crippen molar-refractivity contribution in [2.45, 2.75) is 25.1 Å². The van der Waals surface area contributed by atoms with Gasteiger partial charge < -0.3 is 14.8 Å². The molecule has 1 aliphatic rings. The van der Waals surface area contributed by atoms with E-state index in [1.165, 1.54) is 12.3 Å². The minimum atomic E-state index is -4.43. The Bertz CT molecular complexity index is 1170. The molecule has 31 heavy (non-hydrogen) atoms. The van der Waals surface area contributed by atoms with Crippen LogP contribution in [0.2, 0.25) is 0 Å². The topological polar surface area (TPSA) is 67.2 Å². The number of nitrogens with zero attached hydrogens (tertiary/aromatic N) is 3. The number of rotatable bonds is 3. The van der Waals surface area contributed by atoms with Crippen LogP contribution in [-0.2, 0) is 13.2 Å². The fraction of sp³-hybridized carbons (Fsp3) is 0.318. The van der Waals surface area contributed by atoms with Gasteiger partial charge in [0.1, 0.15) is 11.4 Å². The first kappa shape index (κ1) is 20.9. The third kappa shape index (κ3) is 4.26. The van der Waals surface area contributed by atoms with Gasteiger partial charge in [-0.25, -0.2) is 4.98 Å². The maximum absolute atomic E-state index is 12.8. The summed E-state index contributed by atoms with van der Waals surface area (Å²) in [5.41, 5.74) is -0.333. The number of aryl methyl sites for hydroxylation is 1. The molecule has 3 heterocycles. The van der Waals surface area contributed by atoms with Gasteiger partial charge in [-0.15, -0.1) is 0 Å². The van der Waals surface area contributed by atoms with E-state index in [-0.39, 0.29) is 17.0 Å². The van der Waals surface area contributed by atoms with Gasteiger partial charge in [0, 0.05) is 44.0 Å². The van der Waals surface area contributed by atoms with Crippen molar-refractivity contribution < 1.29 is 18.0 Å². The van der Waals surface area contributed by atoms with Gasteiger partial charge in [0.2, 0.25) is 5.43 Å².